The number of esters is 1. The summed E-state index contributed by atoms with van der Waals surface area (Å²) in [4.78, 5) is 11.1. The second kappa shape index (κ2) is 6.80. The summed E-state index contributed by atoms with van der Waals surface area (Å²) >= 11 is 0. The molecule has 0 spiro atoms. The Morgan fingerprint density at radius 1 is 1.47 bits per heavy atom. The Labute approximate surface area is 91.3 Å². The van der Waals surface area contributed by atoms with Crippen LogP contribution >= 0.6 is 0 Å². The minimum atomic E-state index is -0.128. The Morgan fingerprint density at radius 3 is 2.93 bits per heavy atom. The zero-order chi connectivity index (χ0) is 11.1. The van der Waals surface area contributed by atoms with Crippen molar-refractivity contribution in [2.45, 2.75) is 44.8 Å². The number of hydrogen-bond donors (Lipinski definition) is 1. The number of nitrogens with one attached hydrogen (secondary N) is 1. The lowest BCUT2D eigenvalue weighted by atomic mass is 10.2. The molecule has 0 heterocycles. The van der Waals surface area contributed by atoms with E-state index in [2.05, 4.69) is 5.32 Å². The predicted molar refractivity (Wildman–Crippen MR) is 57.7 cm³/mol. The topological polar surface area (TPSA) is 47.6 Å². The first-order chi connectivity index (χ1) is 7.27. The lowest BCUT2D eigenvalue weighted by molar-refractivity contribution is -0.143. The molecule has 0 radical (unpaired) electrons. The fourth-order valence-corrected chi connectivity index (χ4v) is 2.03. The SMILES string of the molecule is CCOC(=O)CCNC1CCCC1OC. The van der Waals surface area contributed by atoms with E-state index >= 15 is 0 Å². The van der Waals surface area contributed by atoms with Crippen molar-refractivity contribution in [1.29, 1.82) is 0 Å². The van der Waals surface area contributed by atoms with Crippen molar-refractivity contribution in [3.05, 3.63) is 0 Å². The van der Waals surface area contributed by atoms with Gasteiger partial charge in [0.1, 0.15) is 0 Å². The molecule has 0 bridgehead atoms. The molecule has 1 saturated carbocycles. The van der Waals surface area contributed by atoms with Crippen LogP contribution in [-0.2, 0) is 14.3 Å². The zero-order valence-electron chi connectivity index (χ0n) is 9.62. The van der Waals surface area contributed by atoms with Crippen LogP contribution in [0.2, 0.25) is 0 Å². The van der Waals surface area contributed by atoms with E-state index in [1.165, 1.54) is 6.42 Å². The van der Waals surface area contributed by atoms with Gasteiger partial charge in [0, 0.05) is 19.7 Å². The van der Waals surface area contributed by atoms with Gasteiger partial charge in [-0.25, -0.2) is 0 Å². The van der Waals surface area contributed by atoms with Crippen LogP contribution in [0.25, 0.3) is 0 Å². The van der Waals surface area contributed by atoms with Crippen molar-refractivity contribution in [2.24, 2.45) is 0 Å². The molecule has 2 unspecified atom stereocenters. The molecule has 0 aromatic rings. The highest BCUT2D eigenvalue weighted by Gasteiger charge is 2.26. The number of carbonyl (C=O) groups excluding carboxylic acids is 1. The number of hydrogen-bond acceptors (Lipinski definition) is 4. The molecule has 4 nitrogen and oxygen atoms in total. The van der Waals surface area contributed by atoms with E-state index in [0.717, 1.165) is 12.8 Å². The largest absolute Gasteiger partial charge is 0.466 e. The van der Waals surface area contributed by atoms with Gasteiger partial charge in [-0.15, -0.1) is 0 Å². The van der Waals surface area contributed by atoms with Gasteiger partial charge in [-0.2, -0.15) is 0 Å². The first-order valence-electron chi connectivity index (χ1n) is 5.69. The summed E-state index contributed by atoms with van der Waals surface area (Å²) in [6.45, 7) is 2.97. The van der Waals surface area contributed by atoms with Gasteiger partial charge < -0.3 is 14.8 Å². The van der Waals surface area contributed by atoms with E-state index in [1.807, 2.05) is 6.92 Å². The third-order valence-corrected chi connectivity index (χ3v) is 2.80. The molecule has 0 aromatic heterocycles. The normalized spacial score (nSPS) is 25.5. The van der Waals surface area contributed by atoms with E-state index in [-0.39, 0.29) is 5.97 Å². The van der Waals surface area contributed by atoms with Crippen molar-refractivity contribution in [3.63, 3.8) is 0 Å². The molecule has 0 saturated heterocycles. The molecular weight excluding hydrogens is 194 g/mol. The summed E-state index contributed by atoms with van der Waals surface area (Å²) in [6, 6.07) is 0.407. The highest BCUT2D eigenvalue weighted by atomic mass is 16.5. The van der Waals surface area contributed by atoms with Crippen molar-refractivity contribution in [3.8, 4) is 0 Å². The Morgan fingerprint density at radius 2 is 2.27 bits per heavy atom. The van der Waals surface area contributed by atoms with Crippen LogP contribution in [0.15, 0.2) is 0 Å². The average molecular weight is 215 g/mol. The van der Waals surface area contributed by atoms with Gasteiger partial charge in [0.05, 0.1) is 19.1 Å². The fraction of sp³-hybridized carbons (Fsp3) is 0.909. The van der Waals surface area contributed by atoms with E-state index in [1.54, 1.807) is 7.11 Å². The fourth-order valence-electron chi connectivity index (χ4n) is 2.03. The standard InChI is InChI=1S/C11H21NO3/c1-3-15-11(13)7-8-12-9-5-4-6-10(9)14-2/h9-10,12H,3-8H2,1-2H3. The lowest BCUT2D eigenvalue weighted by Gasteiger charge is -2.19. The number of carbonyl (C=O) groups is 1. The molecule has 0 aliphatic heterocycles. The molecular formula is C11H21NO3. The van der Waals surface area contributed by atoms with Crippen molar-refractivity contribution >= 4 is 5.97 Å². The third kappa shape index (κ3) is 4.18. The zero-order valence-corrected chi connectivity index (χ0v) is 9.62. The van der Waals surface area contributed by atoms with Gasteiger partial charge in [-0.3, -0.25) is 4.79 Å². The molecule has 0 aromatic carbocycles. The van der Waals surface area contributed by atoms with Crippen molar-refractivity contribution in [1.82, 2.24) is 5.32 Å². The van der Waals surface area contributed by atoms with Crippen LogP contribution in [-0.4, -0.2) is 38.4 Å². The highest BCUT2D eigenvalue weighted by Crippen LogP contribution is 2.21. The summed E-state index contributed by atoms with van der Waals surface area (Å²) in [5.74, 6) is -0.128. The van der Waals surface area contributed by atoms with E-state index in [9.17, 15) is 4.79 Å². The van der Waals surface area contributed by atoms with Crippen LogP contribution in [0, 0.1) is 0 Å². The lowest BCUT2D eigenvalue weighted by Crippen LogP contribution is -2.38. The minimum absolute atomic E-state index is 0.128. The van der Waals surface area contributed by atoms with Crippen LogP contribution in [0.5, 0.6) is 0 Å². The van der Waals surface area contributed by atoms with Crippen LogP contribution < -0.4 is 5.32 Å². The van der Waals surface area contributed by atoms with Gasteiger partial charge >= 0.3 is 5.97 Å². The molecule has 0 amide bonds. The van der Waals surface area contributed by atoms with E-state index in [4.69, 9.17) is 9.47 Å². The second-order valence-electron chi connectivity index (χ2n) is 3.82. The minimum Gasteiger partial charge on any atom is -0.466 e. The maximum atomic E-state index is 11.1. The van der Waals surface area contributed by atoms with Gasteiger partial charge in [-0.05, 0) is 26.2 Å². The highest BCUT2D eigenvalue weighted by molar-refractivity contribution is 5.69. The summed E-state index contributed by atoms with van der Waals surface area (Å²) < 4.78 is 10.2. The van der Waals surface area contributed by atoms with Gasteiger partial charge in [0.25, 0.3) is 0 Å². The molecule has 1 fully saturated rings. The average Bonchev–Trinajstić information content (AvgIpc) is 2.66. The van der Waals surface area contributed by atoms with Crippen molar-refractivity contribution < 1.29 is 14.3 Å². The Kier molecular flexibility index (Phi) is 5.65. The number of ether oxygens (including phenoxy) is 2. The third-order valence-electron chi connectivity index (χ3n) is 2.80. The van der Waals surface area contributed by atoms with E-state index in [0.29, 0.717) is 31.7 Å². The molecule has 1 N–H and O–H groups in total. The number of methoxy groups -OCH3 is 1. The summed E-state index contributed by atoms with van der Waals surface area (Å²) in [6.07, 6.45) is 4.22. The maximum absolute atomic E-state index is 11.1. The van der Waals surface area contributed by atoms with Crippen molar-refractivity contribution in [2.75, 3.05) is 20.3 Å². The number of rotatable bonds is 6. The quantitative estimate of drug-likeness (QED) is 0.674. The maximum Gasteiger partial charge on any atom is 0.307 e. The predicted octanol–water partition coefficient (Wildman–Crippen LogP) is 1.10. The van der Waals surface area contributed by atoms with Gasteiger partial charge in [-0.1, -0.05) is 0 Å². The Hall–Kier alpha value is -0.610. The Bertz CT molecular complexity index is 196. The molecule has 1 aliphatic carbocycles. The summed E-state index contributed by atoms with van der Waals surface area (Å²) in [5, 5.41) is 3.35. The molecule has 15 heavy (non-hydrogen) atoms. The Balaban J connectivity index is 2.11. The summed E-state index contributed by atoms with van der Waals surface area (Å²) in [7, 11) is 1.75. The summed E-state index contributed by atoms with van der Waals surface area (Å²) in [5.41, 5.74) is 0. The molecule has 1 aliphatic rings. The van der Waals surface area contributed by atoms with Gasteiger partial charge in [0.2, 0.25) is 0 Å². The molecule has 4 heteroatoms. The molecule has 2 atom stereocenters. The molecule has 1 rings (SSSR count). The first kappa shape index (κ1) is 12.5. The molecule has 88 valence electrons. The van der Waals surface area contributed by atoms with Crippen LogP contribution in [0.4, 0.5) is 0 Å². The monoisotopic (exact) mass is 215 g/mol. The van der Waals surface area contributed by atoms with Crippen LogP contribution in [0.1, 0.15) is 32.6 Å². The second-order valence-corrected chi connectivity index (χ2v) is 3.82. The van der Waals surface area contributed by atoms with E-state index < -0.39 is 0 Å². The van der Waals surface area contributed by atoms with Gasteiger partial charge in [0.15, 0.2) is 0 Å². The smallest absolute Gasteiger partial charge is 0.307 e. The van der Waals surface area contributed by atoms with Crippen LogP contribution in [0.3, 0.4) is 0 Å². The first-order valence-corrected chi connectivity index (χ1v) is 5.69.